The van der Waals surface area contributed by atoms with E-state index in [1.807, 2.05) is 12.1 Å². The molecule has 0 aromatic heterocycles. The minimum atomic E-state index is -0.0728. The van der Waals surface area contributed by atoms with Gasteiger partial charge in [-0.05, 0) is 50.8 Å². The van der Waals surface area contributed by atoms with Gasteiger partial charge in [-0.2, -0.15) is 0 Å². The van der Waals surface area contributed by atoms with E-state index in [1.54, 1.807) is 12.1 Å². The first-order chi connectivity index (χ1) is 12.1. The number of ether oxygens (including phenoxy) is 1. The van der Waals surface area contributed by atoms with Crippen LogP contribution >= 0.6 is 0 Å². The lowest BCUT2D eigenvalue weighted by atomic mass is 9.85. The third kappa shape index (κ3) is 3.76. The van der Waals surface area contributed by atoms with Gasteiger partial charge in [0.25, 0.3) is 0 Å². The Kier molecular flexibility index (Phi) is 4.87. The Morgan fingerprint density at radius 2 is 1.64 bits per heavy atom. The van der Waals surface area contributed by atoms with E-state index in [1.165, 1.54) is 25.7 Å². The molecule has 0 bridgehead atoms. The topological polar surface area (TPSA) is 15.7 Å². The molecule has 0 unspecified atom stereocenters. The zero-order valence-electron chi connectivity index (χ0n) is 15.5. The van der Waals surface area contributed by atoms with E-state index in [9.17, 15) is 4.39 Å². The molecule has 3 fully saturated rings. The summed E-state index contributed by atoms with van der Waals surface area (Å²) in [4.78, 5) is 4.99. The van der Waals surface area contributed by atoms with Crippen LogP contribution in [0.15, 0.2) is 24.3 Å². The quantitative estimate of drug-likeness (QED) is 0.833. The number of benzene rings is 1. The van der Waals surface area contributed by atoms with Crippen LogP contribution < -0.4 is 0 Å². The van der Waals surface area contributed by atoms with Crippen LogP contribution in [0.5, 0.6) is 0 Å². The average molecular weight is 346 g/mol. The van der Waals surface area contributed by atoms with Crippen LogP contribution in [0.25, 0.3) is 0 Å². The highest BCUT2D eigenvalue weighted by atomic mass is 19.1. The van der Waals surface area contributed by atoms with Crippen molar-refractivity contribution < 1.29 is 9.13 Å². The second-order valence-electron chi connectivity index (χ2n) is 8.53. The molecule has 0 amide bonds. The Labute approximate surface area is 151 Å². The Balaban J connectivity index is 1.34. The molecule has 4 rings (SSSR count). The maximum atomic E-state index is 13.8. The predicted octanol–water partition coefficient (Wildman–Crippen LogP) is 3.48. The number of likely N-dealkylation sites (tertiary alicyclic amines) is 1. The van der Waals surface area contributed by atoms with Crippen LogP contribution in [0.1, 0.15) is 44.1 Å². The van der Waals surface area contributed by atoms with Crippen molar-refractivity contribution in [2.45, 2.75) is 56.1 Å². The van der Waals surface area contributed by atoms with Crippen LogP contribution in [0.4, 0.5) is 4.39 Å². The molecule has 1 aromatic rings. The van der Waals surface area contributed by atoms with Gasteiger partial charge >= 0.3 is 0 Å². The van der Waals surface area contributed by atoms with Crippen LogP contribution in [0, 0.1) is 5.82 Å². The minimum Gasteiger partial charge on any atom is -0.366 e. The average Bonchev–Trinajstić information content (AvgIpc) is 3.02. The molecule has 0 atom stereocenters. The fraction of sp³-hybridized carbons (Fsp3) is 0.714. The summed E-state index contributed by atoms with van der Waals surface area (Å²) >= 11 is 0. The van der Waals surface area contributed by atoms with E-state index in [0.717, 1.165) is 57.5 Å². The molecule has 4 heteroatoms. The molecule has 3 nitrogen and oxygen atoms in total. The summed E-state index contributed by atoms with van der Waals surface area (Å²) in [5.74, 6) is -0.0728. The van der Waals surface area contributed by atoms with Crippen molar-refractivity contribution in [1.29, 1.82) is 0 Å². The lowest BCUT2D eigenvalue weighted by Gasteiger charge is -2.53. The summed E-state index contributed by atoms with van der Waals surface area (Å²) in [5, 5.41) is 0. The predicted molar refractivity (Wildman–Crippen MR) is 98.3 cm³/mol. The first-order valence-corrected chi connectivity index (χ1v) is 9.93. The number of likely N-dealkylation sites (N-methyl/N-ethyl adjacent to an activating group) is 1. The van der Waals surface area contributed by atoms with Crippen molar-refractivity contribution in [2.24, 2.45) is 0 Å². The molecule has 138 valence electrons. The van der Waals surface area contributed by atoms with Crippen molar-refractivity contribution in [1.82, 2.24) is 9.80 Å². The zero-order chi connectivity index (χ0) is 17.3. The standard InChI is InChI=1S/C21H31FN2O/c1-23-16-20(9-4-5-10-20)25-21(17-23)11-14-24(15-12-21)13-8-18-6-2-3-7-19(18)22/h2-3,6-7H,4-5,8-17H2,1H3. The number of piperidine rings is 1. The maximum Gasteiger partial charge on any atom is 0.126 e. The first kappa shape index (κ1) is 17.4. The van der Waals surface area contributed by atoms with Gasteiger partial charge in [0.15, 0.2) is 0 Å². The monoisotopic (exact) mass is 346 g/mol. The van der Waals surface area contributed by atoms with Crippen molar-refractivity contribution in [3.63, 3.8) is 0 Å². The van der Waals surface area contributed by atoms with Gasteiger partial charge in [-0.1, -0.05) is 31.0 Å². The number of hydrogen-bond donors (Lipinski definition) is 0. The molecule has 1 aromatic carbocycles. The summed E-state index contributed by atoms with van der Waals surface area (Å²) < 4.78 is 20.6. The van der Waals surface area contributed by atoms with E-state index in [-0.39, 0.29) is 17.0 Å². The number of morpholine rings is 1. The molecular formula is C21H31FN2O. The number of rotatable bonds is 3. The molecule has 1 saturated carbocycles. The largest absolute Gasteiger partial charge is 0.366 e. The van der Waals surface area contributed by atoms with E-state index in [2.05, 4.69) is 16.8 Å². The van der Waals surface area contributed by atoms with Gasteiger partial charge in [-0.25, -0.2) is 4.39 Å². The molecule has 2 spiro atoms. The van der Waals surface area contributed by atoms with E-state index >= 15 is 0 Å². The molecule has 0 radical (unpaired) electrons. The summed E-state index contributed by atoms with van der Waals surface area (Å²) in [5.41, 5.74) is 1.01. The highest BCUT2D eigenvalue weighted by Crippen LogP contribution is 2.43. The summed E-state index contributed by atoms with van der Waals surface area (Å²) in [6, 6.07) is 7.16. The molecule has 0 N–H and O–H groups in total. The number of halogens is 1. The zero-order valence-corrected chi connectivity index (χ0v) is 15.5. The fourth-order valence-electron chi connectivity index (χ4n) is 5.27. The summed E-state index contributed by atoms with van der Waals surface area (Å²) in [6.45, 7) is 5.25. The highest BCUT2D eigenvalue weighted by Gasteiger charge is 2.49. The van der Waals surface area contributed by atoms with E-state index in [0.29, 0.717) is 0 Å². The molecule has 25 heavy (non-hydrogen) atoms. The highest BCUT2D eigenvalue weighted by molar-refractivity contribution is 5.17. The Morgan fingerprint density at radius 1 is 1.00 bits per heavy atom. The lowest BCUT2D eigenvalue weighted by Crippen LogP contribution is -2.62. The van der Waals surface area contributed by atoms with E-state index < -0.39 is 0 Å². The van der Waals surface area contributed by atoms with Gasteiger partial charge in [-0.3, -0.25) is 0 Å². The van der Waals surface area contributed by atoms with Crippen LogP contribution in [-0.2, 0) is 11.2 Å². The van der Waals surface area contributed by atoms with Gasteiger partial charge in [0, 0.05) is 32.7 Å². The third-order valence-corrected chi connectivity index (χ3v) is 6.49. The Hall–Kier alpha value is -0.970. The van der Waals surface area contributed by atoms with Crippen LogP contribution in [0.3, 0.4) is 0 Å². The second kappa shape index (κ2) is 6.98. The van der Waals surface area contributed by atoms with Gasteiger partial charge in [0.1, 0.15) is 5.82 Å². The van der Waals surface area contributed by atoms with Gasteiger partial charge in [-0.15, -0.1) is 0 Å². The Morgan fingerprint density at radius 3 is 2.32 bits per heavy atom. The third-order valence-electron chi connectivity index (χ3n) is 6.49. The normalized spacial score (nSPS) is 26.5. The number of nitrogens with zero attached hydrogens (tertiary/aromatic N) is 2. The molecule has 2 aliphatic heterocycles. The maximum absolute atomic E-state index is 13.8. The molecule has 2 saturated heterocycles. The van der Waals surface area contributed by atoms with Gasteiger partial charge in [0.05, 0.1) is 11.2 Å². The van der Waals surface area contributed by atoms with Crippen molar-refractivity contribution in [2.75, 3.05) is 39.8 Å². The smallest absolute Gasteiger partial charge is 0.126 e. The van der Waals surface area contributed by atoms with Crippen molar-refractivity contribution in [3.05, 3.63) is 35.6 Å². The van der Waals surface area contributed by atoms with Crippen LogP contribution in [-0.4, -0.2) is 60.8 Å². The van der Waals surface area contributed by atoms with Gasteiger partial charge in [0.2, 0.25) is 0 Å². The van der Waals surface area contributed by atoms with Crippen LogP contribution in [0.2, 0.25) is 0 Å². The van der Waals surface area contributed by atoms with Gasteiger partial charge < -0.3 is 14.5 Å². The van der Waals surface area contributed by atoms with Crippen molar-refractivity contribution >= 4 is 0 Å². The fourth-order valence-corrected chi connectivity index (χ4v) is 5.27. The molecule has 1 aliphatic carbocycles. The summed E-state index contributed by atoms with van der Waals surface area (Å²) in [6.07, 6.45) is 8.11. The molecular weight excluding hydrogens is 315 g/mol. The minimum absolute atomic E-state index is 0.0475. The SMILES string of the molecule is CN1CC2(CCCC2)OC2(CCN(CCc3ccccc3F)CC2)C1. The lowest BCUT2D eigenvalue weighted by molar-refractivity contribution is -0.220. The first-order valence-electron chi connectivity index (χ1n) is 9.93. The summed E-state index contributed by atoms with van der Waals surface area (Å²) in [7, 11) is 2.26. The molecule has 3 aliphatic rings. The molecule has 2 heterocycles. The number of hydrogen-bond acceptors (Lipinski definition) is 3. The van der Waals surface area contributed by atoms with Crippen molar-refractivity contribution in [3.8, 4) is 0 Å². The Bertz CT molecular complexity index is 591. The second-order valence-corrected chi connectivity index (χ2v) is 8.53. The van der Waals surface area contributed by atoms with E-state index in [4.69, 9.17) is 4.74 Å².